The summed E-state index contributed by atoms with van der Waals surface area (Å²) in [5.41, 5.74) is 0. The molecule has 108 valence electrons. The second-order valence-electron chi connectivity index (χ2n) is 5.50. The molecule has 0 aromatic heterocycles. The van der Waals surface area contributed by atoms with Gasteiger partial charge in [-0.1, -0.05) is 0 Å². The molecule has 1 N–H and O–H groups in total. The summed E-state index contributed by atoms with van der Waals surface area (Å²) in [6.45, 7) is 6.27. The zero-order valence-electron chi connectivity index (χ0n) is 11.5. The first-order chi connectivity index (χ1) is 9.25. The van der Waals surface area contributed by atoms with Crippen molar-refractivity contribution in [3.8, 4) is 0 Å². The van der Waals surface area contributed by atoms with E-state index in [1.165, 1.54) is 0 Å². The second-order valence-corrected chi connectivity index (χ2v) is 5.50. The molecule has 1 aliphatic heterocycles. The average molecular weight is 268 g/mol. The molecule has 6 nitrogen and oxygen atoms in total. The third-order valence-electron chi connectivity index (χ3n) is 4.11. The van der Waals surface area contributed by atoms with Crippen LogP contribution in [0.25, 0.3) is 0 Å². The first-order valence-corrected chi connectivity index (χ1v) is 7.32. The maximum Gasteiger partial charge on any atom is 0.213 e. The summed E-state index contributed by atoms with van der Waals surface area (Å²) in [5.74, 6) is 0.458. The van der Waals surface area contributed by atoms with Gasteiger partial charge in [-0.25, -0.2) is 0 Å². The van der Waals surface area contributed by atoms with Crippen LogP contribution in [0.3, 0.4) is 0 Å². The smallest absolute Gasteiger partial charge is 0.213 e. The Kier molecular flexibility index (Phi) is 5.72. The van der Waals surface area contributed by atoms with Crippen molar-refractivity contribution >= 4 is 6.21 Å². The zero-order valence-corrected chi connectivity index (χ0v) is 11.5. The van der Waals surface area contributed by atoms with Crippen LogP contribution in [0.5, 0.6) is 0 Å². The van der Waals surface area contributed by atoms with Gasteiger partial charge in [0.2, 0.25) is 6.04 Å². The van der Waals surface area contributed by atoms with Crippen LogP contribution >= 0.6 is 0 Å². The summed E-state index contributed by atoms with van der Waals surface area (Å²) in [6.07, 6.45) is 5.30. The minimum Gasteiger partial charge on any atom is -0.314 e. The van der Waals surface area contributed by atoms with E-state index in [4.69, 9.17) is 0 Å². The lowest BCUT2D eigenvalue weighted by Gasteiger charge is -2.26. The maximum atomic E-state index is 10.7. The summed E-state index contributed by atoms with van der Waals surface area (Å²) >= 11 is 0. The quantitative estimate of drug-likeness (QED) is 0.455. The van der Waals surface area contributed by atoms with Gasteiger partial charge in [-0.15, -0.1) is 0 Å². The lowest BCUT2D eigenvalue weighted by molar-refractivity contribution is -0.526. The van der Waals surface area contributed by atoms with Crippen molar-refractivity contribution in [2.24, 2.45) is 10.9 Å². The molecule has 0 aromatic rings. The molecule has 1 heterocycles. The van der Waals surface area contributed by atoms with Crippen LogP contribution in [-0.4, -0.2) is 61.3 Å². The molecule has 0 atom stereocenters. The predicted octanol–water partition coefficient (Wildman–Crippen LogP) is 0.798. The number of rotatable bonds is 5. The predicted molar refractivity (Wildman–Crippen MR) is 75.4 cm³/mol. The van der Waals surface area contributed by atoms with E-state index in [1.807, 2.05) is 6.21 Å². The van der Waals surface area contributed by atoms with Crippen LogP contribution in [0, 0.1) is 16.0 Å². The van der Waals surface area contributed by atoms with Crippen molar-refractivity contribution in [1.82, 2.24) is 10.2 Å². The van der Waals surface area contributed by atoms with Gasteiger partial charge in [-0.2, -0.15) is 0 Å². The van der Waals surface area contributed by atoms with Gasteiger partial charge in [0.25, 0.3) is 0 Å². The van der Waals surface area contributed by atoms with E-state index in [-0.39, 0.29) is 11.0 Å². The Morgan fingerprint density at radius 1 is 1.26 bits per heavy atom. The summed E-state index contributed by atoms with van der Waals surface area (Å²) in [6, 6.07) is -0.314. The fraction of sp³-hybridized carbons (Fsp3) is 0.923. The van der Waals surface area contributed by atoms with Gasteiger partial charge < -0.3 is 5.32 Å². The van der Waals surface area contributed by atoms with Crippen molar-refractivity contribution in [2.75, 3.05) is 39.3 Å². The largest absolute Gasteiger partial charge is 0.314 e. The highest BCUT2D eigenvalue weighted by atomic mass is 16.6. The molecular weight excluding hydrogens is 244 g/mol. The zero-order chi connectivity index (χ0) is 13.5. The van der Waals surface area contributed by atoms with Crippen LogP contribution in [0.1, 0.15) is 25.7 Å². The molecule has 0 spiro atoms. The van der Waals surface area contributed by atoms with Gasteiger partial charge in [0.1, 0.15) is 0 Å². The standard InChI is InChI=1S/C13H24N4O2/c18-17(19)13-3-1-12(2-4-13)11-15-7-10-16-8-5-14-6-9-16/h11-14H,1-10H2. The van der Waals surface area contributed by atoms with Crippen LogP contribution < -0.4 is 5.32 Å². The average Bonchev–Trinajstić information content (AvgIpc) is 2.45. The lowest BCUT2D eigenvalue weighted by Crippen LogP contribution is -2.44. The number of aliphatic imine (C=N–C) groups is 1. The molecule has 2 fully saturated rings. The van der Waals surface area contributed by atoms with Crippen LogP contribution in [-0.2, 0) is 0 Å². The molecule has 0 aromatic carbocycles. The van der Waals surface area contributed by atoms with E-state index in [1.54, 1.807) is 0 Å². The van der Waals surface area contributed by atoms with Crippen molar-refractivity contribution < 1.29 is 4.92 Å². The van der Waals surface area contributed by atoms with Gasteiger partial charge >= 0.3 is 0 Å². The summed E-state index contributed by atoms with van der Waals surface area (Å²) < 4.78 is 0. The Morgan fingerprint density at radius 3 is 2.58 bits per heavy atom. The van der Waals surface area contributed by atoms with Crippen LogP contribution in [0.15, 0.2) is 4.99 Å². The van der Waals surface area contributed by atoms with E-state index in [2.05, 4.69) is 15.2 Å². The Balaban J connectivity index is 1.59. The minimum atomic E-state index is -0.314. The molecular formula is C13H24N4O2. The molecule has 19 heavy (non-hydrogen) atoms. The van der Waals surface area contributed by atoms with E-state index in [0.717, 1.165) is 52.1 Å². The van der Waals surface area contributed by atoms with Gasteiger partial charge in [-0.3, -0.25) is 20.0 Å². The first-order valence-electron chi connectivity index (χ1n) is 7.32. The van der Waals surface area contributed by atoms with E-state index in [9.17, 15) is 10.1 Å². The van der Waals surface area contributed by atoms with E-state index in [0.29, 0.717) is 18.8 Å². The minimum absolute atomic E-state index is 0.127. The van der Waals surface area contributed by atoms with Gasteiger partial charge in [0.05, 0.1) is 6.54 Å². The molecule has 2 rings (SSSR count). The fourth-order valence-electron chi connectivity index (χ4n) is 2.82. The lowest BCUT2D eigenvalue weighted by atomic mass is 9.87. The molecule has 0 bridgehead atoms. The molecule has 1 saturated carbocycles. The second kappa shape index (κ2) is 7.55. The highest BCUT2D eigenvalue weighted by Gasteiger charge is 2.27. The van der Waals surface area contributed by atoms with Gasteiger partial charge in [-0.05, 0) is 18.8 Å². The van der Waals surface area contributed by atoms with E-state index >= 15 is 0 Å². The summed E-state index contributed by atoms with van der Waals surface area (Å²) in [4.78, 5) is 17.5. The number of nitrogens with one attached hydrogen (secondary N) is 1. The molecule has 6 heteroatoms. The molecule has 1 saturated heterocycles. The number of nitro groups is 1. The van der Waals surface area contributed by atoms with Crippen molar-refractivity contribution in [3.05, 3.63) is 10.1 Å². The molecule has 0 amide bonds. The Morgan fingerprint density at radius 2 is 1.95 bits per heavy atom. The van der Waals surface area contributed by atoms with Crippen molar-refractivity contribution in [1.29, 1.82) is 0 Å². The highest BCUT2D eigenvalue weighted by molar-refractivity contribution is 5.60. The molecule has 1 aliphatic carbocycles. The molecule has 2 aliphatic rings. The highest BCUT2D eigenvalue weighted by Crippen LogP contribution is 2.24. The normalized spacial score (nSPS) is 29.7. The number of hydrogen-bond donors (Lipinski definition) is 1. The number of piperazine rings is 1. The van der Waals surface area contributed by atoms with Crippen molar-refractivity contribution in [2.45, 2.75) is 31.7 Å². The molecule has 0 radical (unpaired) electrons. The van der Waals surface area contributed by atoms with Crippen LogP contribution in [0.2, 0.25) is 0 Å². The Labute approximate surface area is 114 Å². The third-order valence-corrected chi connectivity index (χ3v) is 4.11. The maximum absolute atomic E-state index is 10.7. The Bertz CT molecular complexity index is 308. The monoisotopic (exact) mass is 268 g/mol. The van der Waals surface area contributed by atoms with Crippen molar-refractivity contribution in [3.63, 3.8) is 0 Å². The van der Waals surface area contributed by atoms with Gasteiger partial charge in [0, 0.05) is 56.7 Å². The van der Waals surface area contributed by atoms with Crippen LogP contribution in [0.4, 0.5) is 0 Å². The summed E-state index contributed by atoms with van der Waals surface area (Å²) in [7, 11) is 0. The summed E-state index contributed by atoms with van der Waals surface area (Å²) in [5, 5.41) is 14.0. The number of nitrogens with zero attached hydrogens (tertiary/aromatic N) is 3. The Hall–Kier alpha value is -1.01. The van der Waals surface area contributed by atoms with E-state index < -0.39 is 0 Å². The molecule has 0 unspecified atom stereocenters. The van der Waals surface area contributed by atoms with Gasteiger partial charge in [0.15, 0.2) is 0 Å². The topological polar surface area (TPSA) is 70.8 Å². The third kappa shape index (κ3) is 4.87. The SMILES string of the molecule is O=[N+]([O-])C1CCC(C=NCCN2CCNCC2)CC1. The number of hydrogen-bond acceptors (Lipinski definition) is 5. The first kappa shape index (κ1) is 14.4. The fourth-order valence-corrected chi connectivity index (χ4v) is 2.82.